The molecule has 34 heavy (non-hydrogen) atoms. The van der Waals surface area contributed by atoms with Crippen LogP contribution in [0.5, 0.6) is 0 Å². The lowest BCUT2D eigenvalue weighted by Gasteiger charge is -2.32. The van der Waals surface area contributed by atoms with Crippen molar-refractivity contribution < 1.29 is 27.6 Å². The van der Waals surface area contributed by atoms with Gasteiger partial charge in [0.25, 0.3) is 0 Å². The van der Waals surface area contributed by atoms with E-state index in [1.807, 2.05) is 12.3 Å². The van der Waals surface area contributed by atoms with Crippen molar-refractivity contribution in [3.8, 4) is 0 Å². The number of aromatic nitrogens is 1. The molecular formula is C23H25F3N4O3S. The number of carbonyl (C=O) groups is 3. The van der Waals surface area contributed by atoms with Crippen LogP contribution < -0.4 is 5.32 Å². The zero-order valence-electron chi connectivity index (χ0n) is 18.6. The van der Waals surface area contributed by atoms with Crippen molar-refractivity contribution in [2.24, 2.45) is 11.8 Å². The van der Waals surface area contributed by atoms with Crippen molar-refractivity contribution in [2.75, 3.05) is 25.0 Å². The van der Waals surface area contributed by atoms with Gasteiger partial charge in [-0.1, -0.05) is 12.1 Å². The van der Waals surface area contributed by atoms with Gasteiger partial charge in [-0.3, -0.25) is 14.4 Å². The fraction of sp³-hybridized carbons (Fsp3) is 0.478. The van der Waals surface area contributed by atoms with Crippen LogP contribution in [-0.4, -0.2) is 52.1 Å². The number of halogens is 3. The van der Waals surface area contributed by atoms with Gasteiger partial charge < -0.3 is 15.1 Å². The molecule has 1 unspecified atom stereocenters. The van der Waals surface area contributed by atoms with Crippen molar-refractivity contribution in [3.05, 3.63) is 46.5 Å². The summed E-state index contributed by atoms with van der Waals surface area (Å²) in [5, 5.41) is 5.24. The Labute approximate surface area is 198 Å². The van der Waals surface area contributed by atoms with Gasteiger partial charge in [-0.25, -0.2) is 4.98 Å². The van der Waals surface area contributed by atoms with Gasteiger partial charge in [-0.2, -0.15) is 13.2 Å². The van der Waals surface area contributed by atoms with Gasteiger partial charge in [0, 0.05) is 43.9 Å². The van der Waals surface area contributed by atoms with E-state index in [4.69, 9.17) is 0 Å². The number of benzene rings is 1. The Morgan fingerprint density at radius 2 is 1.94 bits per heavy atom. The molecule has 2 aromatic rings. The molecule has 1 aromatic heterocycles. The molecule has 2 fully saturated rings. The summed E-state index contributed by atoms with van der Waals surface area (Å²) in [5.74, 6) is -1.24. The third kappa shape index (κ3) is 5.57. The largest absolute Gasteiger partial charge is 0.416 e. The monoisotopic (exact) mass is 494 g/mol. The van der Waals surface area contributed by atoms with E-state index in [1.54, 1.807) is 11.0 Å². The van der Waals surface area contributed by atoms with E-state index in [0.717, 1.165) is 17.8 Å². The Bertz CT molecular complexity index is 1080. The first-order valence-electron chi connectivity index (χ1n) is 11.1. The van der Waals surface area contributed by atoms with Crippen molar-refractivity contribution in [2.45, 2.75) is 38.9 Å². The van der Waals surface area contributed by atoms with E-state index in [9.17, 15) is 27.6 Å². The summed E-state index contributed by atoms with van der Waals surface area (Å²) in [7, 11) is 0. The highest BCUT2D eigenvalue weighted by Gasteiger charge is 2.38. The average molecular weight is 495 g/mol. The third-order valence-electron chi connectivity index (χ3n) is 6.22. The minimum atomic E-state index is -4.45. The minimum Gasteiger partial charge on any atom is -0.342 e. The maximum absolute atomic E-state index is 13.0. The van der Waals surface area contributed by atoms with E-state index >= 15 is 0 Å². The molecule has 3 amide bonds. The quantitative estimate of drug-likeness (QED) is 0.687. The Kier molecular flexibility index (Phi) is 6.92. The highest BCUT2D eigenvalue weighted by atomic mass is 32.1. The van der Waals surface area contributed by atoms with Crippen LogP contribution in [0.25, 0.3) is 0 Å². The molecule has 1 N–H and O–H groups in total. The highest BCUT2D eigenvalue weighted by molar-refractivity contribution is 7.13. The van der Waals surface area contributed by atoms with Crippen molar-refractivity contribution >= 4 is 34.2 Å². The number of hydrogen-bond donors (Lipinski definition) is 1. The molecule has 0 saturated carbocycles. The van der Waals surface area contributed by atoms with Gasteiger partial charge in [-0.15, -0.1) is 11.3 Å². The van der Waals surface area contributed by atoms with E-state index in [1.165, 1.54) is 22.3 Å². The molecule has 1 atom stereocenters. The molecule has 4 rings (SSSR count). The number of alkyl halides is 3. The fourth-order valence-electron chi connectivity index (χ4n) is 4.40. The first kappa shape index (κ1) is 24.2. The summed E-state index contributed by atoms with van der Waals surface area (Å²) in [4.78, 5) is 45.3. The van der Waals surface area contributed by atoms with Crippen LogP contribution in [0.3, 0.4) is 0 Å². The zero-order chi connectivity index (χ0) is 24.5. The predicted molar refractivity (Wildman–Crippen MR) is 120 cm³/mol. The van der Waals surface area contributed by atoms with Gasteiger partial charge in [0.2, 0.25) is 17.7 Å². The van der Waals surface area contributed by atoms with E-state index in [-0.39, 0.29) is 43.1 Å². The number of aryl methyl sites for hydroxylation is 1. The van der Waals surface area contributed by atoms with Crippen LogP contribution in [0.4, 0.5) is 18.3 Å². The lowest BCUT2D eigenvalue weighted by atomic mass is 9.94. The van der Waals surface area contributed by atoms with Crippen LogP contribution in [0.15, 0.2) is 29.6 Å². The Balaban J connectivity index is 1.29. The summed E-state index contributed by atoms with van der Waals surface area (Å²) in [6.07, 6.45) is -3.36. The summed E-state index contributed by atoms with van der Waals surface area (Å²) < 4.78 is 38.9. The molecule has 7 nitrogen and oxygen atoms in total. The van der Waals surface area contributed by atoms with E-state index in [2.05, 4.69) is 10.3 Å². The zero-order valence-corrected chi connectivity index (χ0v) is 19.4. The van der Waals surface area contributed by atoms with Crippen LogP contribution in [0.2, 0.25) is 0 Å². The number of anilines is 1. The molecule has 1 aromatic carbocycles. The molecule has 0 aliphatic carbocycles. The maximum Gasteiger partial charge on any atom is 0.416 e. The number of piperidine rings is 1. The van der Waals surface area contributed by atoms with Crippen LogP contribution in [-0.2, 0) is 27.1 Å². The first-order chi connectivity index (χ1) is 16.1. The van der Waals surface area contributed by atoms with E-state index in [0.29, 0.717) is 36.6 Å². The second kappa shape index (κ2) is 9.73. The molecule has 2 saturated heterocycles. The summed E-state index contributed by atoms with van der Waals surface area (Å²) in [6, 6.07) is 4.88. The normalized spacial score (nSPS) is 19.5. The summed E-state index contributed by atoms with van der Waals surface area (Å²) >= 11 is 1.37. The predicted octanol–water partition coefficient (Wildman–Crippen LogP) is 3.70. The van der Waals surface area contributed by atoms with Crippen molar-refractivity contribution in [1.29, 1.82) is 0 Å². The molecule has 11 heteroatoms. The van der Waals surface area contributed by atoms with Crippen molar-refractivity contribution in [3.63, 3.8) is 0 Å². The Hall–Kier alpha value is -2.95. The third-order valence-corrected chi connectivity index (χ3v) is 7.09. The molecular weight excluding hydrogens is 469 g/mol. The summed E-state index contributed by atoms with van der Waals surface area (Å²) in [6.45, 7) is 2.91. The number of thiazole rings is 1. The minimum absolute atomic E-state index is 0.0327. The van der Waals surface area contributed by atoms with Gasteiger partial charge >= 0.3 is 6.18 Å². The van der Waals surface area contributed by atoms with Crippen LogP contribution in [0.1, 0.15) is 36.1 Å². The van der Waals surface area contributed by atoms with Crippen molar-refractivity contribution in [1.82, 2.24) is 14.8 Å². The standard InChI is InChI=1S/C23H25F3N4O3S/c1-14-13-34-22(27-14)28-20(32)16-5-7-29(8-6-16)21(33)17-10-19(31)30(12-17)11-15-3-2-4-18(9-15)23(24,25)26/h2-4,9,13,16-17H,5-8,10-12H2,1H3,(H,27,28,32). The number of carbonyl (C=O) groups excluding carboxylic acids is 3. The first-order valence-corrected chi connectivity index (χ1v) is 11.9. The molecule has 2 aliphatic rings. The molecule has 2 aliphatic heterocycles. The molecule has 0 bridgehead atoms. The second-order valence-electron chi connectivity index (χ2n) is 8.76. The Morgan fingerprint density at radius 1 is 1.21 bits per heavy atom. The maximum atomic E-state index is 13.0. The van der Waals surface area contributed by atoms with Crippen LogP contribution in [0, 0.1) is 18.8 Å². The second-order valence-corrected chi connectivity index (χ2v) is 9.61. The smallest absolute Gasteiger partial charge is 0.342 e. The molecule has 182 valence electrons. The number of hydrogen-bond acceptors (Lipinski definition) is 5. The van der Waals surface area contributed by atoms with Gasteiger partial charge in [-0.05, 0) is 37.5 Å². The average Bonchev–Trinajstić information content (AvgIpc) is 3.38. The number of nitrogens with zero attached hydrogens (tertiary/aromatic N) is 3. The molecule has 3 heterocycles. The number of rotatable bonds is 5. The molecule has 0 radical (unpaired) electrons. The number of nitrogens with one attached hydrogen (secondary N) is 1. The van der Waals surface area contributed by atoms with Crippen LogP contribution >= 0.6 is 11.3 Å². The van der Waals surface area contributed by atoms with E-state index < -0.39 is 17.7 Å². The highest BCUT2D eigenvalue weighted by Crippen LogP contribution is 2.31. The summed E-state index contributed by atoms with van der Waals surface area (Å²) in [5.41, 5.74) is 0.452. The topological polar surface area (TPSA) is 82.6 Å². The number of likely N-dealkylation sites (tertiary alicyclic amines) is 2. The Morgan fingerprint density at radius 3 is 2.59 bits per heavy atom. The van der Waals surface area contributed by atoms with Gasteiger partial charge in [0.05, 0.1) is 17.2 Å². The fourth-order valence-corrected chi connectivity index (χ4v) is 5.09. The molecule has 0 spiro atoms. The SMILES string of the molecule is Cc1csc(NC(=O)C2CCN(C(=O)C3CC(=O)N(Cc4cccc(C(F)(F)F)c4)C3)CC2)n1. The number of amides is 3. The lowest BCUT2D eigenvalue weighted by Crippen LogP contribution is -2.44. The lowest BCUT2D eigenvalue weighted by molar-refractivity contribution is -0.138. The van der Waals surface area contributed by atoms with Gasteiger partial charge in [0.15, 0.2) is 5.13 Å². The van der Waals surface area contributed by atoms with Gasteiger partial charge in [0.1, 0.15) is 0 Å².